The van der Waals surface area contributed by atoms with Gasteiger partial charge in [0.15, 0.2) is 0 Å². The summed E-state index contributed by atoms with van der Waals surface area (Å²) in [5, 5.41) is 0.543. The number of rotatable bonds is 4. The standard InChI is InChI=1S/C13H17ClN2O2/c1-9(2)7-12(17)15-16-13(18)8-10-5-3-4-6-11(10)14/h3-6,9H,7-8H2,1-2H3,(H,15,17)(H,16,18). The summed E-state index contributed by atoms with van der Waals surface area (Å²) < 4.78 is 0. The molecular weight excluding hydrogens is 252 g/mol. The smallest absolute Gasteiger partial charge is 0.242 e. The third-order valence-corrected chi connectivity index (χ3v) is 2.61. The van der Waals surface area contributed by atoms with Gasteiger partial charge in [-0.1, -0.05) is 43.6 Å². The number of carbonyl (C=O) groups is 2. The van der Waals surface area contributed by atoms with Crippen molar-refractivity contribution in [2.24, 2.45) is 5.92 Å². The largest absolute Gasteiger partial charge is 0.273 e. The SMILES string of the molecule is CC(C)CC(=O)NNC(=O)Cc1ccccc1Cl. The van der Waals surface area contributed by atoms with E-state index in [-0.39, 0.29) is 24.2 Å². The van der Waals surface area contributed by atoms with Gasteiger partial charge in [0, 0.05) is 11.4 Å². The third kappa shape index (κ3) is 5.19. The lowest BCUT2D eigenvalue weighted by atomic mass is 10.1. The minimum atomic E-state index is -0.291. The molecule has 4 nitrogen and oxygen atoms in total. The molecule has 18 heavy (non-hydrogen) atoms. The summed E-state index contributed by atoms with van der Waals surface area (Å²) >= 11 is 5.93. The Morgan fingerprint density at radius 2 is 1.78 bits per heavy atom. The van der Waals surface area contributed by atoms with Crippen molar-refractivity contribution in [2.75, 3.05) is 0 Å². The fourth-order valence-corrected chi connectivity index (χ4v) is 1.62. The highest BCUT2D eigenvalue weighted by atomic mass is 35.5. The van der Waals surface area contributed by atoms with E-state index >= 15 is 0 Å². The molecule has 1 aromatic rings. The molecule has 0 aliphatic heterocycles. The lowest BCUT2D eigenvalue weighted by molar-refractivity contribution is -0.129. The molecule has 5 heteroatoms. The molecule has 0 aliphatic carbocycles. The maximum absolute atomic E-state index is 11.6. The quantitative estimate of drug-likeness (QED) is 0.822. The van der Waals surface area contributed by atoms with Crippen molar-refractivity contribution in [3.05, 3.63) is 34.9 Å². The summed E-state index contributed by atoms with van der Waals surface area (Å²) in [7, 11) is 0. The fraction of sp³-hybridized carbons (Fsp3) is 0.385. The van der Waals surface area contributed by atoms with Crippen LogP contribution in [0.25, 0.3) is 0 Å². The minimum Gasteiger partial charge on any atom is -0.273 e. The summed E-state index contributed by atoms with van der Waals surface area (Å²) in [6, 6.07) is 7.11. The first kappa shape index (κ1) is 14.5. The first-order valence-electron chi connectivity index (χ1n) is 5.80. The Morgan fingerprint density at radius 3 is 2.39 bits per heavy atom. The second kappa shape index (κ2) is 7.01. The van der Waals surface area contributed by atoms with E-state index in [2.05, 4.69) is 10.9 Å². The van der Waals surface area contributed by atoms with E-state index in [0.717, 1.165) is 5.56 Å². The molecule has 0 atom stereocenters. The predicted molar refractivity (Wildman–Crippen MR) is 70.9 cm³/mol. The van der Waals surface area contributed by atoms with E-state index in [0.29, 0.717) is 11.4 Å². The number of nitrogens with one attached hydrogen (secondary N) is 2. The number of carbonyl (C=O) groups excluding carboxylic acids is 2. The van der Waals surface area contributed by atoms with Gasteiger partial charge < -0.3 is 0 Å². The minimum absolute atomic E-state index is 0.141. The van der Waals surface area contributed by atoms with Gasteiger partial charge in [-0.25, -0.2) is 0 Å². The zero-order valence-corrected chi connectivity index (χ0v) is 11.3. The van der Waals surface area contributed by atoms with Crippen molar-refractivity contribution >= 4 is 23.4 Å². The molecule has 0 aromatic heterocycles. The summed E-state index contributed by atoms with van der Waals surface area (Å²) in [4.78, 5) is 22.9. The Kier molecular flexibility index (Phi) is 5.65. The molecule has 0 spiro atoms. The maximum Gasteiger partial charge on any atom is 0.242 e. The van der Waals surface area contributed by atoms with Gasteiger partial charge in [0.2, 0.25) is 11.8 Å². The Morgan fingerprint density at radius 1 is 1.17 bits per heavy atom. The van der Waals surface area contributed by atoms with Crippen LogP contribution in [0.15, 0.2) is 24.3 Å². The number of hydrogen-bond donors (Lipinski definition) is 2. The maximum atomic E-state index is 11.6. The van der Waals surface area contributed by atoms with Crippen molar-refractivity contribution in [2.45, 2.75) is 26.7 Å². The fourth-order valence-electron chi connectivity index (χ4n) is 1.42. The van der Waals surface area contributed by atoms with Crippen LogP contribution in [-0.2, 0) is 16.0 Å². The number of halogens is 1. The molecule has 0 fully saturated rings. The van der Waals surface area contributed by atoms with Crippen LogP contribution in [-0.4, -0.2) is 11.8 Å². The Bertz CT molecular complexity index is 433. The highest BCUT2D eigenvalue weighted by Gasteiger charge is 2.08. The highest BCUT2D eigenvalue weighted by molar-refractivity contribution is 6.31. The van der Waals surface area contributed by atoms with Gasteiger partial charge in [0.05, 0.1) is 6.42 Å². The van der Waals surface area contributed by atoms with Crippen LogP contribution >= 0.6 is 11.6 Å². The van der Waals surface area contributed by atoms with Crippen molar-refractivity contribution < 1.29 is 9.59 Å². The molecule has 98 valence electrons. The molecule has 1 rings (SSSR count). The molecular formula is C13H17ClN2O2. The topological polar surface area (TPSA) is 58.2 Å². The lowest BCUT2D eigenvalue weighted by Gasteiger charge is -2.09. The summed E-state index contributed by atoms with van der Waals surface area (Å²) in [6.07, 6.45) is 0.522. The monoisotopic (exact) mass is 268 g/mol. The van der Waals surface area contributed by atoms with Crippen LogP contribution in [0.3, 0.4) is 0 Å². The first-order valence-corrected chi connectivity index (χ1v) is 6.18. The van der Waals surface area contributed by atoms with Crippen LogP contribution in [0, 0.1) is 5.92 Å². The first-order chi connectivity index (χ1) is 8.49. The van der Waals surface area contributed by atoms with Gasteiger partial charge in [-0.3, -0.25) is 20.4 Å². The van der Waals surface area contributed by atoms with Gasteiger partial charge in [-0.15, -0.1) is 0 Å². The second-order valence-electron chi connectivity index (χ2n) is 4.46. The Hall–Kier alpha value is -1.55. The normalized spacial score (nSPS) is 10.2. The van der Waals surface area contributed by atoms with Gasteiger partial charge in [-0.05, 0) is 17.5 Å². The molecule has 0 heterocycles. The molecule has 1 aromatic carbocycles. The lowest BCUT2D eigenvalue weighted by Crippen LogP contribution is -2.42. The summed E-state index contributed by atoms with van der Waals surface area (Å²) in [5.74, 6) is -0.233. The zero-order chi connectivity index (χ0) is 13.5. The van der Waals surface area contributed by atoms with E-state index in [1.54, 1.807) is 18.2 Å². The van der Waals surface area contributed by atoms with E-state index in [1.807, 2.05) is 19.9 Å². The van der Waals surface area contributed by atoms with Crippen LogP contribution in [0.1, 0.15) is 25.8 Å². The highest BCUT2D eigenvalue weighted by Crippen LogP contribution is 2.14. The zero-order valence-electron chi connectivity index (χ0n) is 10.5. The average Bonchev–Trinajstić information content (AvgIpc) is 2.29. The molecule has 0 bridgehead atoms. The molecule has 0 unspecified atom stereocenters. The number of benzene rings is 1. The molecule has 0 saturated carbocycles. The predicted octanol–water partition coefficient (Wildman–Crippen LogP) is 2.08. The third-order valence-electron chi connectivity index (χ3n) is 2.24. The second-order valence-corrected chi connectivity index (χ2v) is 4.87. The number of hydrogen-bond acceptors (Lipinski definition) is 2. The van der Waals surface area contributed by atoms with Crippen molar-refractivity contribution in [3.63, 3.8) is 0 Å². The van der Waals surface area contributed by atoms with E-state index < -0.39 is 0 Å². The molecule has 0 aliphatic rings. The average molecular weight is 269 g/mol. The van der Waals surface area contributed by atoms with Gasteiger partial charge in [-0.2, -0.15) is 0 Å². The van der Waals surface area contributed by atoms with E-state index in [4.69, 9.17) is 11.6 Å². The molecule has 0 radical (unpaired) electrons. The molecule has 0 saturated heterocycles. The number of hydrazine groups is 1. The summed E-state index contributed by atoms with van der Waals surface area (Å²) in [5.41, 5.74) is 5.47. The molecule has 2 N–H and O–H groups in total. The van der Waals surface area contributed by atoms with Gasteiger partial charge in [0.25, 0.3) is 0 Å². The Labute approximate surface area is 112 Å². The van der Waals surface area contributed by atoms with Crippen LogP contribution in [0.4, 0.5) is 0 Å². The molecule has 2 amide bonds. The van der Waals surface area contributed by atoms with Crippen molar-refractivity contribution in [3.8, 4) is 0 Å². The van der Waals surface area contributed by atoms with Gasteiger partial charge >= 0.3 is 0 Å². The van der Waals surface area contributed by atoms with Crippen molar-refractivity contribution in [1.29, 1.82) is 0 Å². The van der Waals surface area contributed by atoms with Gasteiger partial charge in [0.1, 0.15) is 0 Å². The van der Waals surface area contributed by atoms with E-state index in [1.165, 1.54) is 0 Å². The van der Waals surface area contributed by atoms with Crippen LogP contribution in [0.5, 0.6) is 0 Å². The van der Waals surface area contributed by atoms with Crippen LogP contribution < -0.4 is 10.9 Å². The Balaban J connectivity index is 2.39. The van der Waals surface area contributed by atoms with Crippen LogP contribution in [0.2, 0.25) is 5.02 Å². The summed E-state index contributed by atoms with van der Waals surface area (Å²) in [6.45, 7) is 3.87. The van der Waals surface area contributed by atoms with Crippen molar-refractivity contribution in [1.82, 2.24) is 10.9 Å². The van der Waals surface area contributed by atoms with E-state index in [9.17, 15) is 9.59 Å². The number of amides is 2.